The van der Waals surface area contributed by atoms with Crippen molar-refractivity contribution in [3.8, 4) is 22.8 Å². The highest BCUT2D eigenvalue weighted by Gasteiger charge is 2.31. The first-order valence-corrected chi connectivity index (χ1v) is 9.90. The minimum atomic E-state index is -0.0310. The number of nitrogens with zero attached hydrogens (tertiary/aromatic N) is 3. The number of fused-ring (bicyclic) bond motifs is 1. The maximum Gasteiger partial charge on any atom is 0.272 e. The van der Waals surface area contributed by atoms with E-state index in [9.17, 15) is 4.79 Å². The third kappa shape index (κ3) is 3.48. The molecule has 1 N–H and O–H groups in total. The molecular formula is C22H26N4O3. The van der Waals surface area contributed by atoms with Gasteiger partial charge in [0.05, 0.1) is 26.0 Å². The minimum absolute atomic E-state index is 0.0310. The lowest BCUT2D eigenvalue weighted by Crippen LogP contribution is -2.42. The zero-order valence-electron chi connectivity index (χ0n) is 17.0. The first-order valence-electron chi connectivity index (χ1n) is 9.90. The molecule has 0 spiro atoms. The fourth-order valence-corrected chi connectivity index (χ4v) is 4.02. The van der Waals surface area contributed by atoms with E-state index < -0.39 is 0 Å². The summed E-state index contributed by atoms with van der Waals surface area (Å²) in [6.45, 7) is 3.63. The van der Waals surface area contributed by atoms with Crippen LogP contribution in [0.25, 0.3) is 11.3 Å². The molecule has 4 rings (SSSR count). The summed E-state index contributed by atoms with van der Waals surface area (Å²) in [7, 11) is 3.23. The van der Waals surface area contributed by atoms with Gasteiger partial charge in [-0.25, -0.2) is 0 Å². The third-order valence-corrected chi connectivity index (χ3v) is 5.48. The Morgan fingerprint density at radius 1 is 1.21 bits per heavy atom. The Bertz CT molecular complexity index is 1010. The number of methoxy groups -OCH3 is 2. The average Bonchev–Trinajstić information content (AvgIpc) is 3.43. The molecule has 0 aliphatic carbocycles. The van der Waals surface area contributed by atoms with Gasteiger partial charge < -0.3 is 18.9 Å². The lowest BCUT2D eigenvalue weighted by molar-refractivity contribution is 0.0604. The molecule has 1 amide bonds. The first kappa shape index (κ1) is 19.1. The molecule has 1 aliphatic heterocycles. The van der Waals surface area contributed by atoms with Gasteiger partial charge in [-0.2, -0.15) is 5.10 Å². The summed E-state index contributed by atoms with van der Waals surface area (Å²) in [5.74, 6) is 1.35. The molecule has 0 fully saturated rings. The van der Waals surface area contributed by atoms with Crippen LogP contribution in [-0.4, -0.2) is 46.3 Å². The first-order chi connectivity index (χ1) is 14.2. The number of rotatable bonds is 6. The number of H-pyrrole nitrogens is 1. The van der Waals surface area contributed by atoms with Gasteiger partial charge in [-0.15, -0.1) is 0 Å². The number of nitrogens with one attached hydrogen (secondary N) is 1. The summed E-state index contributed by atoms with van der Waals surface area (Å²) in [4.78, 5) is 15.3. The van der Waals surface area contributed by atoms with Crippen LogP contribution in [0.3, 0.4) is 0 Å². The lowest BCUT2D eigenvalue weighted by Gasteiger charge is -2.36. The van der Waals surface area contributed by atoms with Crippen LogP contribution in [0, 0.1) is 0 Å². The molecular weight excluding hydrogens is 368 g/mol. The fraction of sp³-hybridized carbons (Fsp3) is 0.364. The summed E-state index contributed by atoms with van der Waals surface area (Å²) in [5, 5.41) is 7.30. The van der Waals surface area contributed by atoms with Crippen LogP contribution in [0.2, 0.25) is 0 Å². The van der Waals surface area contributed by atoms with Gasteiger partial charge in [-0.05, 0) is 42.8 Å². The Labute approximate surface area is 170 Å². The van der Waals surface area contributed by atoms with Gasteiger partial charge >= 0.3 is 0 Å². The quantitative estimate of drug-likeness (QED) is 0.688. The zero-order valence-corrected chi connectivity index (χ0v) is 17.0. The number of benzene rings is 1. The van der Waals surface area contributed by atoms with Gasteiger partial charge in [0.25, 0.3) is 5.91 Å². The van der Waals surface area contributed by atoms with E-state index in [2.05, 4.69) is 40.0 Å². The number of aromatic amines is 1. The lowest BCUT2D eigenvalue weighted by atomic mass is 10.0. The SMILES string of the molecule is CCC[C@@H]1c2cccn2CCN1C(=O)c1cc(-c2cc(OC)ccc2OC)n[nH]1. The minimum Gasteiger partial charge on any atom is -0.497 e. The third-order valence-electron chi connectivity index (χ3n) is 5.48. The van der Waals surface area contributed by atoms with E-state index in [1.54, 1.807) is 20.3 Å². The van der Waals surface area contributed by atoms with Crippen LogP contribution in [0.15, 0.2) is 42.6 Å². The number of aromatic nitrogens is 3. The van der Waals surface area contributed by atoms with Gasteiger partial charge in [0.2, 0.25) is 0 Å². The number of amides is 1. The topological polar surface area (TPSA) is 72.4 Å². The van der Waals surface area contributed by atoms with E-state index in [0.29, 0.717) is 29.4 Å². The largest absolute Gasteiger partial charge is 0.497 e. The highest BCUT2D eigenvalue weighted by Crippen LogP contribution is 2.34. The molecule has 29 heavy (non-hydrogen) atoms. The molecule has 3 heterocycles. The highest BCUT2D eigenvalue weighted by atomic mass is 16.5. The van der Waals surface area contributed by atoms with Crippen molar-refractivity contribution in [3.05, 3.63) is 54.0 Å². The van der Waals surface area contributed by atoms with Crippen molar-refractivity contribution in [3.63, 3.8) is 0 Å². The van der Waals surface area contributed by atoms with Gasteiger partial charge in [0.1, 0.15) is 17.2 Å². The number of ether oxygens (including phenoxy) is 2. The van der Waals surface area contributed by atoms with Crippen molar-refractivity contribution in [1.82, 2.24) is 19.7 Å². The number of carbonyl (C=O) groups is 1. The summed E-state index contributed by atoms with van der Waals surface area (Å²) in [6.07, 6.45) is 4.03. The smallest absolute Gasteiger partial charge is 0.272 e. The van der Waals surface area contributed by atoms with Crippen LogP contribution in [0.4, 0.5) is 0 Å². The van der Waals surface area contributed by atoms with E-state index in [1.165, 1.54) is 5.69 Å². The van der Waals surface area contributed by atoms with Crippen molar-refractivity contribution >= 4 is 5.91 Å². The maximum atomic E-state index is 13.3. The molecule has 3 aromatic rings. The Morgan fingerprint density at radius 2 is 2.07 bits per heavy atom. The van der Waals surface area contributed by atoms with Crippen molar-refractivity contribution in [2.75, 3.05) is 20.8 Å². The van der Waals surface area contributed by atoms with E-state index in [-0.39, 0.29) is 11.9 Å². The van der Waals surface area contributed by atoms with Crippen LogP contribution in [0.1, 0.15) is 42.0 Å². The fourth-order valence-electron chi connectivity index (χ4n) is 4.02. The predicted molar refractivity (Wildman–Crippen MR) is 110 cm³/mol. The number of hydrogen-bond donors (Lipinski definition) is 1. The molecule has 1 aromatic carbocycles. The molecule has 2 aromatic heterocycles. The molecule has 7 heteroatoms. The van der Waals surface area contributed by atoms with Crippen LogP contribution < -0.4 is 9.47 Å². The van der Waals surface area contributed by atoms with E-state index in [1.807, 2.05) is 23.1 Å². The zero-order chi connectivity index (χ0) is 20.4. The van der Waals surface area contributed by atoms with Gasteiger partial charge in [0.15, 0.2) is 0 Å². The van der Waals surface area contributed by atoms with Crippen molar-refractivity contribution < 1.29 is 14.3 Å². The second kappa shape index (κ2) is 8.03. The van der Waals surface area contributed by atoms with E-state index in [0.717, 1.165) is 24.9 Å². The van der Waals surface area contributed by atoms with Crippen molar-refractivity contribution in [2.24, 2.45) is 0 Å². The molecule has 0 saturated heterocycles. The highest BCUT2D eigenvalue weighted by molar-refractivity contribution is 5.94. The normalized spacial score (nSPS) is 15.8. The molecule has 1 aliphatic rings. The second-order valence-corrected chi connectivity index (χ2v) is 7.16. The monoisotopic (exact) mass is 394 g/mol. The molecule has 0 bridgehead atoms. The Kier molecular flexibility index (Phi) is 5.29. The summed E-state index contributed by atoms with van der Waals surface area (Å²) in [5.41, 5.74) is 3.10. The Balaban J connectivity index is 1.64. The maximum absolute atomic E-state index is 13.3. The molecule has 0 radical (unpaired) electrons. The second-order valence-electron chi connectivity index (χ2n) is 7.16. The average molecular weight is 394 g/mol. The summed E-state index contributed by atoms with van der Waals surface area (Å²) >= 11 is 0. The van der Waals surface area contributed by atoms with Crippen molar-refractivity contribution in [1.29, 1.82) is 0 Å². The Hall–Kier alpha value is -3.22. The molecule has 0 unspecified atom stereocenters. The summed E-state index contributed by atoms with van der Waals surface area (Å²) < 4.78 is 13.0. The Morgan fingerprint density at radius 3 is 2.83 bits per heavy atom. The predicted octanol–water partition coefficient (Wildman–Crippen LogP) is 3.89. The van der Waals surface area contributed by atoms with Crippen LogP contribution in [-0.2, 0) is 6.54 Å². The molecule has 1 atom stereocenters. The van der Waals surface area contributed by atoms with Crippen LogP contribution in [0.5, 0.6) is 11.5 Å². The molecule has 152 valence electrons. The van der Waals surface area contributed by atoms with Gasteiger partial charge in [0, 0.05) is 30.5 Å². The van der Waals surface area contributed by atoms with Gasteiger partial charge in [-0.1, -0.05) is 13.3 Å². The summed E-state index contributed by atoms with van der Waals surface area (Å²) in [6, 6.07) is 11.6. The molecule has 7 nitrogen and oxygen atoms in total. The standard InChI is InChI=1S/C22H26N4O3/c1-4-6-20-19-7-5-10-25(19)11-12-26(20)22(27)18-14-17(23-24-18)16-13-15(28-2)8-9-21(16)29-3/h5,7-10,13-14,20H,4,6,11-12H2,1-3H3,(H,23,24)/t20-/m1/s1. The van der Waals surface area contributed by atoms with E-state index in [4.69, 9.17) is 9.47 Å². The van der Waals surface area contributed by atoms with E-state index >= 15 is 0 Å². The van der Waals surface area contributed by atoms with Crippen LogP contribution >= 0.6 is 0 Å². The van der Waals surface area contributed by atoms with Crippen molar-refractivity contribution in [2.45, 2.75) is 32.4 Å². The number of carbonyl (C=O) groups excluding carboxylic acids is 1. The van der Waals surface area contributed by atoms with Gasteiger partial charge in [-0.3, -0.25) is 9.89 Å². The molecule has 0 saturated carbocycles. The number of hydrogen-bond acceptors (Lipinski definition) is 4.